The van der Waals surface area contributed by atoms with Crippen LogP contribution < -0.4 is 16.1 Å². The molecule has 1 fully saturated rings. The molecule has 132 valence electrons. The third kappa shape index (κ3) is 3.81. The molecule has 3 rings (SSSR count). The van der Waals surface area contributed by atoms with Crippen LogP contribution in [0.15, 0.2) is 33.9 Å². The van der Waals surface area contributed by atoms with Crippen LogP contribution in [-0.2, 0) is 11.2 Å². The average Bonchev–Trinajstić information content (AvgIpc) is 2.58. The van der Waals surface area contributed by atoms with Crippen molar-refractivity contribution in [2.24, 2.45) is 0 Å². The van der Waals surface area contributed by atoms with E-state index in [0.717, 1.165) is 13.1 Å². The van der Waals surface area contributed by atoms with Gasteiger partial charge in [-0.3, -0.25) is 14.6 Å². The van der Waals surface area contributed by atoms with Crippen molar-refractivity contribution in [3.8, 4) is 0 Å². The lowest BCUT2D eigenvalue weighted by molar-refractivity contribution is -0.130. The predicted molar refractivity (Wildman–Crippen MR) is 96.1 cm³/mol. The van der Waals surface area contributed by atoms with Crippen molar-refractivity contribution in [1.82, 2.24) is 14.9 Å². The van der Waals surface area contributed by atoms with Gasteiger partial charge in [0.2, 0.25) is 5.91 Å². The SMILES string of the molecule is Cc1cccc(N2CCN(C(=O)Cc3c(C)[nH]c(=O)[nH]c3=O)CC2)c1. The molecule has 7 heteroatoms. The summed E-state index contributed by atoms with van der Waals surface area (Å²) in [7, 11) is 0. The Bertz CT molecular complexity index is 892. The number of benzene rings is 1. The number of aryl methyl sites for hydroxylation is 2. The van der Waals surface area contributed by atoms with Crippen LogP contribution in [-0.4, -0.2) is 47.0 Å². The van der Waals surface area contributed by atoms with Crippen molar-refractivity contribution < 1.29 is 4.79 Å². The van der Waals surface area contributed by atoms with Crippen LogP contribution in [0.1, 0.15) is 16.8 Å². The molecule has 0 spiro atoms. The standard InChI is InChI=1S/C18H22N4O3/c1-12-4-3-5-14(10-12)21-6-8-22(9-7-21)16(23)11-15-13(2)19-18(25)20-17(15)24/h3-5,10H,6-9,11H2,1-2H3,(H2,19,20,24,25). The molecule has 2 aromatic rings. The number of carbonyl (C=O) groups excluding carboxylic acids is 1. The minimum atomic E-state index is -0.550. The summed E-state index contributed by atoms with van der Waals surface area (Å²) >= 11 is 0. The van der Waals surface area contributed by atoms with E-state index in [-0.39, 0.29) is 12.3 Å². The highest BCUT2D eigenvalue weighted by atomic mass is 16.2. The first kappa shape index (κ1) is 17.0. The number of hydrogen-bond acceptors (Lipinski definition) is 4. The second-order valence-corrected chi connectivity index (χ2v) is 6.40. The number of anilines is 1. The third-order valence-corrected chi connectivity index (χ3v) is 4.58. The van der Waals surface area contributed by atoms with E-state index >= 15 is 0 Å². The van der Waals surface area contributed by atoms with Crippen molar-refractivity contribution in [1.29, 1.82) is 0 Å². The zero-order chi connectivity index (χ0) is 18.0. The Balaban J connectivity index is 1.64. The molecule has 1 amide bonds. The van der Waals surface area contributed by atoms with E-state index in [2.05, 4.69) is 40.0 Å². The van der Waals surface area contributed by atoms with Crippen molar-refractivity contribution >= 4 is 11.6 Å². The molecule has 1 aromatic heterocycles. The molecule has 1 aliphatic heterocycles. The molecule has 1 aromatic carbocycles. The summed E-state index contributed by atoms with van der Waals surface area (Å²) in [4.78, 5) is 44.4. The van der Waals surface area contributed by atoms with Gasteiger partial charge in [-0.25, -0.2) is 4.79 Å². The Morgan fingerprint density at radius 3 is 2.44 bits per heavy atom. The summed E-state index contributed by atoms with van der Waals surface area (Å²) in [6.45, 7) is 6.45. The number of rotatable bonds is 3. The fourth-order valence-electron chi connectivity index (χ4n) is 3.14. The second-order valence-electron chi connectivity index (χ2n) is 6.40. The molecule has 0 unspecified atom stereocenters. The zero-order valence-electron chi connectivity index (χ0n) is 14.5. The first-order valence-corrected chi connectivity index (χ1v) is 8.35. The molecule has 2 N–H and O–H groups in total. The Hall–Kier alpha value is -2.83. The molecule has 0 saturated carbocycles. The minimum Gasteiger partial charge on any atom is -0.368 e. The number of hydrogen-bond donors (Lipinski definition) is 2. The summed E-state index contributed by atoms with van der Waals surface area (Å²) < 4.78 is 0. The largest absolute Gasteiger partial charge is 0.368 e. The number of aromatic nitrogens is 2. The number of amides is 1. The van der Waals surface area contributed by atoms with Crippen LogP contribution in [0.5, 0.6) is 0 Å². The van der Waals surface area contributed by atoms with E-state index in [4.69, 9.17) is 0 Å². The van der Waals surface area contributed by atoms with Crippen LogP contribution in [0.2, 0.25) is 0 Å². The fraction of sp³-hybridized carbons (Fsp3) is 0.389. The number of aromatic amines is 2. The Kier molecular flexibility index (Phi) is 4.74. The normalized spacial score (nSPS) is 14.6. The Morgan fingerprint density at radius 1 is 1.08 bits per heavy atom. The van der Waals surface area contributed by atoms with Crippen LogP contribution >= 0.6 is 0 Å². The molecule has 0 aliphatic carbocycles. The topological polar surface area (TPSA) is 89.3 Å². The van der Waals surface area contributed by atoms with E-state index in [0.29, 0.717) is 24.3 Å². The molecule has 0 atom stereocenters. The zero-order valence-corrected chi connectivity index (χ0v) is 14.5. The van der Waals surface area contributed by atoms with Gasteiger partial charge in [0.05, 0.1) is 6.42 Å². The predicted octanol–water partition coefficient (Wildman–Crippen LogP) is 0.571. The molecule has 1 saturated heterocycles. The second kappa shape index (κ2) is 6.96. The summed E-state index contributed by atoms with van der Waals surface area (Å²) in [5.74, 6) is -0.0930. The van der Waals surface area contributed by atoms with Crippen LogP contribution in [0.3, 0.4) is 0 Å². The molecule has 25 heavy (non-hydrogen) atoms. The first-order valence-electron chi connectivity index (χ1n) is 8.35. The van der Waals surface area contributed by atoms with Gasteiger partial charge in [-0.2, -0.15) is 0 Å². The van der Waals surface area contributed by atoms with E-state index in [1.807, 2.05) is 6.07 Å². The number of nitrogens with one attached hydrogen (secondary N) is 2. The summed E-state index contributed by atoms with van der Waals surface area (Å²) in [5, 5.41) is 0. The number of nitrogens with zero attached hydrogens (tertiary/aromatic N) is 2. The van der Waals surface area contributed by atoms with Crippen molar-refractivity contribution in [3.63, 3.8) is 0 Å². The molecule has 2 heterocycles. The fourth-order valence-corrected chi connectivity index (χ4v) is 3.14. The highest BCUT2D eigenvalue weighted by Gasteiger charge is 2.23. The Morgan fingerprint density at radius 2 is 1.80 bits per heavy atom. The lowest BCUT2D eigenvalue weighted by atomic mass is 10.1. The maximum absolute atomic E-state index is 12.5. The lowest BCUT2D eigenvalue weighted by Crippen LogP contribution is -2.49. The average molecular weight is 342 g/mol. The Labute approximate surface area is 145 Å². The summed E-state index contributed by atoms with van der Waals surface area (Å²) in [6.07, 6.45) is 0.00237. The van der Waals surface area contributed by atoms with E-state index in [1.165, 1.54) is 11.3 Å². The molecule has 1 aliphatic rings. The highest BCUT2D eigenvalue weighted by Crippen LogP contribution is 2.18. The highest BCUT2D eigenvalue weighted by molar-refractivity contribution is 5.79. The van der Waals surface area contributed by atoms with E-state index < -0.39 is 11.2 Å². The third-order valence-electron chi connectivity index (χ3n) is 4.58. The molecular weight excluding hydrogens is 320 g/mol. The summed E-state index contributed by atoms with van der Waals surface area (Å²) in [5.41, 5.74) is 2.11. The van der Waals surface area contributed by atoms with Crippen molar-refractivity contribution in [3.05, 3.63) is 61.9 Å². The van der Waals surface area contributed by atoms with E-state index in [1.54, 1.807) is 11.8 Å². The molecule has 0 radical (unpaired) electrons. The number of carbonyl (C=O) groups is 1. The molecular formula is C18H22N4O3. The van der Waals surface area contributed by atoms with Gasteiger partial charge in [-0.05, 0) is 31.5 Å². The van der Waals surface area contributed by atoms with Crippen molar-refractivity contribution in [2.75, 3.05) is 31.1 Å². The van der Waals surface area contributed by atoms with Gasteiger partial charge in [0.1, 0.15) is 0 Å². The maximum Gasteiger partial charge on any atom is 0.325 e. The quantitative estimate of drug-likeness (QED) is 0.853. The number of H-pyrrole nitrogens is 2. The molecule has 7 nitrogen and oxygen atoms in total. The van der Waals surface area contributed by atoms with Gasteiger partial charge < -0.3 is 14.8 Å². The summed E-state index contributed by atoms with van der Waals surface area (Å²) in [6, 6.07) is 8.31. The monoisotopic (exact) mass is 342 g/mol. The van der Waals surface area contributed by atoms with Gasteiger partial charge in [0, 0.05) is 43.1 Å². The van der Waals surface area contributed by atoms with Gasteiger partial charge >= 0.3 is 5.69 Å². The first-order chi connectivity index (χ1) is 11.9. The van der Waals surface area contributed by atoms with Crippen LogP contribution in [0, 0.1) is 13.8 Å². The maximum atomic E-state index is 12.5. The van der Waals surface area contributed by atoms with Gasteiger partial charge in [0.15, 0.2) is 0 Å². The van der Waals surface area contributed by atoms with E-state index in [9.17, 15) is 14.4 Å². The van der Waals surface area contributed by atoms with Crippen LogP contribution in [0.25, 0.3) is 0 Å². The van der Waals surface area contributed by atoms with Gasteiger partial charge in [0.25, 0.3) is 5.56 Å². The smallest absolute Gasteiger partial charge is 0.325 e. The van der Waals surface area contributed by atoms with Gasteiger partial charge in [-0.1, -0.05) is 12.1 Å². The minimum absolute atomic E-state index is 0.00237. The van der Waals surface area contributed by atoms with Crippen LogP contribution in [0.4, 0.5) is 5.69 Å². The molecule has 0 bridgehead atoms. The number of piperazine rings is 1. The lowest BCUT2D eigenvalue weighted by Gasteiger charge is -2.36. The van der Waals surface area contributed by atoms with Gasteiger partial charge in [-0.15, -0.1) is 0 Å². The van der Waals surface area contributed by atoms with Crippen molar-refractivity contribution in [2.45, 2.75) is 20.3 Å².